The van der Waals surface area contributed by atoms with Gasteiger partial charge in [0.2, 0.25) is 0 Å². The van der Waals surface area contributed by atoms with E-state index in [2.05, 4.69) is 40.2 Å². The van der Waals surface area contributed by atoms with Crippen LogP contribution in [-0.4, -0.2) is 59.1 Å². The molecule has 144 valence electrons. The quantitative estimate of drug-likeness (QED) is 0.811. The Hall–Kier alpha value is -2.18. The van der Waals surface area contributed by atoms with E-state index < -0.39 is 0 Å². The summed E-state index contributed by atoms with van der Waals surface area (Å²) in [5, 5.41) is 0. The van der Waals surface area contributed by atoms with Gasteiger partial charge >= 0.3 is 0 Å². The van der Waals surface area contributed by atoms with E-state index in [-0.39, 0.29) is 12.0 Å². The molecule has 2 saturated heterocycles. The minimum Gasteiger partial charge on any atom is -0.451 e. The van der Waals surface area contributed by atoms with Gasteiger partial charge in [-0.25, -0.2) is 4.98 Å². The van der Waals surface area contributed by atoms with Gasteiger partial charge in [0.05, 0.1) is 12.2 Å². The number of ether oxygens (including phenoxy) is 1. The first-order valence-electron chi connectivity index (χ1n) is 9.87. The van der Waals surface area contributed by atoms with Crippen molar-refractivity contribution in [2.45, 2.75) is 44.4 Å². The fraction of sp³-hybridized carbons (Fsp3) is 0.524. The third kappa shape index (κ3) is 4.76. The van der Waals surface area contributed by atoms with Crippen LogP contribution in [0, 0.1) is 0 Å². The second-order valence-electron chi connectivity index (χ2n) is 7.46. The number of oxazole rings is 1. The van der Waals surface area contributed by atoms with Crippen LogP contribution in [0.2, 0.25) is 0 Å². The lowest BCUT2D eigenvalue weighted by Gasteiger charge is -2.37. The third-order valence-electron chi connectivity index (χ3n) is 5.55. The monoisotopic (exact) mass is 369 g/mol. The number of aromatic nitrogens is 1. The molecule has 1 amide bonds. The maximum Gasteiger partial charge on any atom is 0.275 e. The molecule has 0 bridgehead atoms. The number of benzene rings is 1. The van der Waals surface area contributed by atoms with Crippen LogP contribution >= 0.6 is 0 Å². The molecule has 0 radical (unpaired) electrons. The van der Waals surface area contributed by atoms with Gasteiger partial charge in [0, 0.05) is 32.7 Å². The smallest absolute Gasteiger partial charge is 0.275 e. The average Bonchev–Trinajstić information content (AvgIpc) is 3.25. The van der Waals surface area contributed by atoms with E-state index in [0.29, 0.717) is 11.8 Å². The van der Waals surface area contributed by atoms with Crippen LogP contribution in [0.4, 0.5) is 0 Å². The lowest BCUT2D eigenvalue weighted by atomic mass is 10.0. The van der Waals surface area contributed by atoms with E-state index in [0.717, 1.165) is 58.4 Å². The molecule has 2 aliphatic rings. The van der Waals surface area contributed by atoms with Gasteiger partial charge in [-0.05, 0) is 31.2 Å². The number of likely N-dealkylation sites (tertiary alicyclic amines) is 2. The van der Waals surface area contributed by atoms with Crippen molar-refractivity contribution in [3.63, 3.8) is 0 Å². The summed E-state index contributed by atoms with van der Waals surface area (Å²) in [4.78, 5) is 20.6. The maximum atomic E-state index is 12.3. The molecule has 27 heavy (non-hydrogen) atoms. The summed E-state index contributed by atoms with van der Waals surface area (Å²) >= 11 is 0. The highest BCUT2D eigenvalue weighted by atomic mass is 16.5. The van der Waals surface area contributed by atoms with Gasteiger partial charge in [0.15, 0.2) is 12.1 Å². The molecule has 0 N–H and O–H groups in total. The van der Waals surface area contributed by atoms with Gasteiger partial charge in [-0.1, -0.05) is 30.3 Å². The van der Waals surface area contributed by atoms with Crippen molar-refractivity contribution < 1.29 is 13.9 Å². The molecular weight excluding hydrogens is 342 g/mol. The molecule has 2 aliphatic heterocycles. The van der Waals surface area contributed by atoms with Gasteiger partial charge in [0.25, 0.3) is 5.91 Å². The fourth-order valence-corrected chi connectivity index (χ4v) is 3.99. The van der Waals surface area contributed by atoms with E-state index in [9.17, 15) is 4.79 Å². The summed E-state index contributed by atoms with van der Waals surface area (Å²) in [5.74, 6) is -0.0450. The summed E-state index contributed by atoms with van der Waals surface area (Å²) in [6.45, 7) is 4.65. The van der Waals surface area contributed by atoms with Crippen molar-refractivity contribution in [2.24, 2.45) is 0 Å². The molecule has 1 aromatic heterocycles. The average molecular weight is 369 g/mol. The molecule has 2 aromatic rings. The van der Waals surface area contributed by atoms with Crippen LogP contribution in [0.3, 0.4) is 0 Å². The van der Waals surface area contributed by atoms with Crippen molar-refractivity contribution in [1.29, 1.82) is 0 Å². The maximum absolute atomic E-state index is 12.3. The number of amides is 1. The van der Waals surface area contributed by atoms with Gasteiger partial charge in [-0.2, -0.15) is 0 Å². The van der Waals surface area contributed by atoms with Crippen molar-refractivity contribution >= 4 is 5.91 Å². The number of piperidine rings is 2. The van der Waals surface area contributed by atoms with Gasteiger partial charge in [0.1, 0.15) is 6.26 Å². The van der Waals surface area contributed by atoms with Crippen LogP contribution in [0.15, 0.2) is 47.4 Å². The van der Waals surface area contributed by atoms with Crippen molar-refractivity contribution in [2.75, 3.05) is 26.2 Å². The Morgan fingerprint density at radius 3 is 2.33 bits per heavy atom. The summed E-state index contributed by atoms with van der Waals surface area (Å²) in [7, 11) is 0. The number of carbonyl (C=O) groups excluding carboxylic acids is 1. The van der Waals surface area contributed by atoms with Crippen LogP contribution in [0.1, 0.15) is 41.7 Å². The summed E-state index contributed by atoms with van der Waals surface area (Å²) in [6, 6.07) is 10.7. The van der Waals surface area contributed by atoms with Gasteiger partial charge < -0.3 is 14.1 Å². The Balaban J connectivity index is 1.18. The SMILES string of the molecule is O=C(c1cocn1)N1CCC(OC2CCN(Cc3ccccc3)CC2)CC1. The largest absolute Gasteiger partial charge is 0.451 e. The Bertz CT molecular complexity index is 704. The van der Waals surface area contributed by atoms with Crippen LogP contribution in [0.25, 0.3) is 0 Å². The molecule has 4 rings (SSSR count). The second kappa shape index (κ2) is 8.67. The molecule has 0 saturated carbocycles. The number of nitrogens with zero attached hydrogens (tertiary/aromatic N) is 3. The van der Waals surface area contributed by atoms with E-state index in [1.807, 2.05) is 4.90 Å². The summed E-state index contributed by atoms with van der Waals surface area (Å²) in [6.07, 6.45) is 7.29. The minimum atomic E-state index is -0.0450. The van der Waals surface area contributed by atoms with Gasteiger partial charge in [-0.15, -0.1) is 0 Å². The predicted molar refractivity (Wildman–Crippen MR) is 101 cm³/mol. The Kier molecular flexibility index (Phi) is 5.84. The molecule has 0 unspecified atom stereocenters. The molecule has 0 aliphatic carbocycles. The zero-order chi connectivity index (χ0) is 18.5. The molecular formula is C21H27N3O3. The summed E-state index contributed by atoms with van der Waals surface area (Å²) < 4.78 is 11.3. The highest BCUT2D eigenvalue weighted by Crippen LogP contribution is 2.22. The molecule has 6 heteroatoms. The highest BCUT2D eigenvalue weighted by molar-refractivity contribution is 5.91. The van der Waals surface area contributed by atoms with E-state index in [4.69, 9.17) is 9.15 Å². The zero-order valence-corrected chi connectivity index (χ0v) is 15.6. The Morgan fingerprint density at radius 2 is 1.70 bits per heavy atom. The lowest BCUT2D eigenvalue weighted by Crippen LogP contribution is -2.43. The first kappa shape index (κ1) is 18.2. The minimum absolute atomic E-state index is 0.0450. The number of hydrogen-bond acceptors (Lipinski definition) is 5. The number of hydrogen-bond donors (Lipinski definition) is 0. The normalized spacial score (nSPS) is 20.1. The first-order chi connectivity index (χ1) is 13.3. The van der Waals surface area contributed by atoms with E-state index >= 15 is 0 Å². The third-order valence-corrected chi connectivity index (χ3v) is 5.55. The molecule has 0 spiro atoms. The lowest BCUT2D eigenvalue weighted by molar-refractivity contribution is -0.0629. The fourth-order valence-electron chi connectivity index (χ4n) is 3.99. The van der Waals surface area contributed by atoms with Gasteiger partial charge in [-0.3, -0.25) is 9.69 Å². The molecule has 0 atom stereocenters. The predicted octanol–water partition coefficient (Wildman–Crippen LogP) is 2.96. The molecule has 3 heterocycles. The zero-order valence-electron chi connectivity index (χ0n) is 15.6. The second-order valence-corrected chi connectivity index (χ2v) is 7.46. The van der Waals surface area contributed by atoms with Crippen molar-refractivity contribution in [3.8, 4) is 0 Å². The molecule has 2 fully saturated rings. The Morgan fingerprint density at radius 1 is 1.04 bits per heavy atom. The molecule has 6 nitrogen and oxygen atoms in total. The number of rotatable bonds is 5. The standard InChI is InChI=1S/C21H27N3O3/c25-21(20-15-26-16-22-20)24-12-8-19(9-13-24)27-18-6-10-23(11-7-18)14-17-4-2-1-3-5-17/h1-5,15-16,18-19H,6-14H2. The van der Waals surface area contributed by atoms with Crippen LogP contribution in [-0.2, 0) is 11.3 Å². The Labute approximate surface area is 160 Å². The van der Waals surface area contributed by atoms with Crippen molar-refractivity contribution in [1.82, 2.24) is 14.8 Å². The number of carbonyl (C=O) groups is 1. The highest BCUT2D eigenvalue weighted by Gasteiger charge is 2.28. The van der Waals surface area contributed by atoms with Crippen molar-refractivity contribution in [3.05, 3.63) is 54.2 Å². The van der Waals surface area contributed by atoms with Crippen LogP contribution < -0.4 is 0 Å². The molecule has 1 aromatic carbocycles. The van der Waals surface area contributed by atoms with E-state index in [1.165, 1.54) is 18.2 Å². The van der Waals surface area contributed by atoms with E-state index in [1.54, 1.807) is 0 Å². The van der Waals surface area contributed by atoms with Crippen LogP contribution in [0.5, 0.6) is 0 Å². The first-order valence-corrected chi connectivity index (χ1v) is 9.87. The topological polar surface area (TPSA) is 58.8 Å². The summed E-state index contributed by atoms with van der Waals surface area (Å²) in [5.41, 5.74) is 1.76.